The van der Waals surface area contributed by atoms with Gasteiger partial charge < -0.3 is 15.7 Å². The topological polar surface area (TPSA) is 95.5 Å². The average molecular weight is 296 g/mol. The maximum absolute atomic E-state index is 12.7. The van der Waals surface area contributed by atoms with Crippen molar-refractivity contribution in [1.82, 2.24) is 10.6 Å². The predicted molar refractivity (Wildman–Crippen MR) is 73.2 cm³/mol. The summed E-state index contributed by atoms with van der Waals surface area (Å²) in [5.41, 5.74) is 0.334. The molecule has 21 heavy (non-hydrogen) atoms. The fourth-order valence-electron chi connectivity index (χ4n) is 1.53. The van der Waals surface area contributed by atoms with Gasteiger partial charge in [0.15, 0.2) is 0 Å². The third-order valence-electron chi connectivity index (χ3n) is 2.72. The molecule has 1 aromatic carbocycles. The number of carboxylic acids is 1. The lowest BCUT2D eigenvalue weighted by atomic mass is 10.2. The summed E-state index contributed by atoms with van der Waals surface area (Å²) in [5.74, 6) is -2.26. The van der Waals surface area contributed by atoms with Gasteiger partial charge in [0, 0.05) is 18.5 Å². The molecule has 1 aromatic rings. The van der Waals surface area contributed by atoms with Crippen LogP contribution in [0.5, 0.6) is 0 Å². The third kappa shape index (κ3) is 6.03. The summed E-state index contributed by atoms with van der Waals surface area (Å²) in [6, 6.07) is 4.18. The minimum absolute atomic E-state index is 0.112. The average Bonchev–Trinajstić information content (AvgIpc) is 2.44. The van der Waals surface area contributed by atoms with Crippen LogP contribution in [0.15, 0.2) is 24.3 Å². The Bertz CT molecular complexity index is 516. The summed E-state index contributed by atoms with van der Waals surface area (Å²) in [4.78, 5) is 33.6. The molecule has 0 spiro atoms. The third-order valence-corrected chi connectivity index (χ3v) is 2.72. The van der Waals surface area contributed by atoms with Gasteiger partial charge in [0.25, 0.3) is 5.91 Å². The number of amides is 2. The molecule has 0 aliphatic carbocycles. The smallest absolute Gasteiger partial charge is 0.325 e. The summed E-state index contributed by atoms with van der Waals surface area (Å²) < 4.78 is 12.7. The quantitative estimate of drug-likeness (QED) is 0.652. The van der Waals surface area contributed by atoms with E-state index in [1.807, 2.05) is 0 Å². The van der Waals surface area contributed by atoms with Crippen LogP contribution in [0.25, 0.3) is 0 Å². The van der Waals surface area contributed by atoms with E-state index in [-0.39, 0.29) is 24.8 Å². The zero-order valence-electron chi connectivity index (χ0n) is 11.6. The van der Waals surface area contributed by atoms with Crippen molar-refractivity contribution < 1.29 is 23.9 Å². The van der Waals surface area contributed by atoms with Crippen molar-refractivity contribution >= 4 is 17.8 Å². The lowest BCUT2D eigenvalue weighted by molar-refractivity contribution is -0.141. The van der Waals surface area contributed by atoms with Gasteiger partial charge in [-0.15, -0.1) is 0 Å². The highest BCUT2D eigenvalue weighted by atomic mass is 19.1. The Balaban J connectivity index is 2.25. The van der Waals surface area contributed by atoms with Crippen LogP contribution in [0.3, 0.4) is 0 Å². The summed E-state index contributed by atoms with van der Waals surface area (Å²) in [6.07, 6.45) is 0.492. The lowest BCUT2D eigenvalue weighted by Crippen LogP contribution is -2.38. The number of hydrogen-bond donors (Lipinski definition) is 3. The Labute approximate surface area is 121 Å². The fraction of sp³-hybridized carbons (Fsp3) is 0.357. The Morgan fingerprint density at radius 3 is 2.43 bits per heavy atom. The zero-order chi connectivity index (χ0) is 15.8. The molecule has 1 atom stereocenters. The molecular weight excluding hydrogens is 279 g/mol. The second-order valence-corrected chi connectivity index (χ2v) is 4.49. The Morgan fingerprint density at radius 2 is 1.86 bits per heavy atom. The van der Waals surface area contributed by atoms with Crippen LogP contribution < -0.4 is 10.6 Å². The molecular formula is C14H17FN2O4. The van der Waals surface area contributed by atoms with Crippen LogP contribution in [-0.4, -0.2) is 35.5 Å². The van der Waals surface area contributed by atoms with Gasteiger partial charge >= 0.3 is 5.97 Å². The SMILES string of the molecule is C[C@H](NC(=O)CCCNC(=O)c1ccc(F)cc1)C(=O)O. The van der Waals surface area contributed by atoms with E-state index in [1.54, 1.807) is 0 Å². The number of carbonyl (C=O) groups is 3. The van der Waals surface area contributed by atoms with Crippen molar-refractivity contribution in [3.8, 4) is 0 Å². The number of hydrogen-bond acceptors (Lipinski definition) is 3. The molecule has 0 saturated heterocycles. The first kappa shape index (κ1) is 16.6. The minimum atomic E-state index is -1.10. The van der Waals surface area contributed by atoms with Crippen LogP contribution >= 0.6 is 0 Å². The molecule has 7 heteroatoms. The van der Waals surface area contributed by atoms with Gasteiger partial charge in [-0.2, -0.15) is 0 Å². The second kappa shape index (κ2) is 7.98. The molecule has 0 aliphatic rings. The Hall–Kier alpha value is -2.44. The maximum atomic E-state index is 12.7. The molecule has 0 radical (unpaired) electrons. The first-order chi connectivity index (χ1) is 9.90. The molecule has 114 valence electrons. The van der Waals surface area contributed by atoms with Gasteiger partial charge in [-0.1, -0.05) is 0 Å². The first-order valence-corrected chi connectivity index (χ1v) is 6.46. The van der Waals surface area contributed by atoms with E-state index in [0.717, 1.165) is 0 Å². The number of carbonyl (C=O) groups excluding carboxylic acids is 2. The van der Waals surface area contributed by atoms with Crippen molar-refractivity contribution in [3.05, 3.63) is 35.6 Å². The van der Waals surface area contributed by atoms with E-state index in [1.165, 1.54) is 31.2 Å². The van der Waals surface area contributed by atoms with E-state index in [9.17, 15) is 18.8 Å². The maximum Gasteiger partial charge on any atom is 0.325 e. The number of halogens is 1. The second-order valence-electron chi connectivity index (χ2n) is 4.49. The van der Waals surface area contributed by atoms with E-state index < -0.39 is 17.8 Å². The molecule has 0 aromatic heterocycles. The van der Waals surface area contributed by atoms with Gasteiger partial charge in [-0.3, -0.25) is 14.4 Å². The summed E-state index contributed by atoms with van der Waals surface area (Å²) >= 11 is 0. The molecule has 0 fully saturated rings. The summed E-state index contributed by atoms with van der Waals surface area (Å²) in [5, 5.41) is 13.5. The number of aliphatic carboxylic acids is 1. The molecule has 0 bridgehead atoms. The predicted octanol–water partition coefficient (Wildman–Crippen LogP) is 0.925. The van der Waals surface area contributed by atoms with E-state index in [4.69, 9.17) is 5.11 Å². The van der Waals surface area contributed by atoms with Gasteiger partial charge in [0.2, 0.25) is 5.91 Å². The number of benzene rings is 1. The van der Waals surface area contributed by atoms with Crippen LogP contribution in [0.1, 0.15) is 30.1 Å². The summed E-state index contributed by atoms with van der Waals surface area (Å²) in [7, 11) is 0. The molecule has 1 rings (SSSR count). The van der Waals surface area contributed by atoms with E-state index in [0.29, 0.717) is 12.0 Å². The standard InChI is InChI=1S/C14H17FN2O4/c1-9(14(20)21)17-12(18)3-2-8-16-13(19)10-4-6-11(15)7-5-10/h4-7,9H,2-3,8H2,1H3,(H,16,19)(H,17,18)(H,20,21)/t9-/m0/s1. The van der Waals surface area contributed by atoms with Crippen LogP contribution in [-0.2, 0) is 9.59 Å². The number of nitrogens with one attached hydrogen (secondary N) is 2. The Kier molecular flexibility index (Phi) is 6.32. The highest BCUT2D eigenvalue weighted by molar-refractivity contribution is 5.94. The van der Waals surface area contributed by atoms with Crippen molar-refractivity contribution in [1.29, 1.82) is 0 Å². The van der Waals surface area contributed by atoms with Crippen molar-refractivity contribution in [2.45, 2.75) is 25.8 Å². The van der Waals surface area contributed by atoms with Crippen molar-refractivity contribution in [3.63, 3.8) is 0 Å². The first-order valence-electron chi connectivity index (χ1n) is 6.46. The van der Waals surface area contributed by atoms with E-state index in [2.05, 4.69) is 10.6 Å². The van der Waals surface area contributed by atoms with Gasteiger partial charge in [0.1, 0.15) is 11.9 Å². The summed E-state index contributed by atoms with van der Waals surface area (Å²) in [6.45, 7) is 1.64. The molecule has 0 saturated carbocycles. The fourth-order valence-corrected chi connectivity index (χ4v) is 1.53. The normalized spacial score (nSPS) is 11.5. The van der Waals surface area contributed by atoms with Gasteiger partial charge in [-0.05, 0) is 37.6 Å². The largest absolute Gasteiger partial charge is 0.480 e. The molecule has 0 unspecified atom stereocenters. The van der Waals surface area contributed by atoms with E-state index >= 15 is 0 Å². The molecule has 0 aliphatic heterocycles. The number of carboxylic acid groups (broad SMARTS) is 1. The molecule has 2 amide bonds. The van der Waals surface area contributed by atoms with Crippen LogP contribution in [0.4, 0.5) is 4.39 Å². The highest BCUT2D eigenvalue weighted by Crippen LogP contribution is 2.02. The molecule has 3 N–H and O–H groups in total. The minimum Gasteiger partial charge on any atom is -0.480 e. The molecule has 6 nitrogen and oxygen atoms in total. The van der Waals surface area contributed by atoms with Crippen molar-refractivity contribution in [2.75, 3.05) is 6.54 Å². The highest BCUT2D eigenvalue weighted by Gasteiger charge is 2.13. The van der Waals surface area contributed by atoms with Crippen LogP contribution in [0, 0.1) is 5.82 Å². The van der Waals surface area contributed by atoms with Gasteiger partial charge in [-0.25, -0.2) is 4.39 Å². The lowest BCUT2D eigenvalue weighted by Gasteiger charge is -2.09. The van der Waals surface area contributed by atoms with Crippen molar-refractivity contribution in [2.24, 2.45) is 0 Å². The van der Waals surface area contributed by atoms with Gasteiger partial charge in [0.05, 0.1) is 0 Å². The zero-order valence-corrected chi connectivity index (χ0v) is 11.6. The monoisotopic (exact) mass is 296 g/mol. The Morgan fingerprint density at radius 1 is 1.24 bits per heavy atom. The van der Waals surface area contributed by atoms with Crippen LogP contribution in [0.2, 0.25) is 0 Å². The number of rotatable bonds is 7. The molecule has 0 heterocycles.